The Labute approximate surface area is 136 Å². The fraction of sp³-hybridized carbons (Fsp3) is 0.700. The maximum absolute atomic E-state index is 9.12. The summed E-state index contributed by atoms with van der Waals surface area (Å²) in [5.74, 6) is 2.86. The molecule has 0 spiro atoms. The minimum absolute atomic E-state index is 0.0655. The molecule has 0 saturated heterocycles. The molecule has 0 heterocycles. The van der Waals surface area contributed by atoms with Gasteiger partial charge >= 0.3 is 0 Å². The quantitative estimate of drug-likeness (QED) is 0.719. The Balaban J connectivity index is 3.25. The van der Waals surface area contributed by atoms with Crippen LogP contribution in [0.2, 0.25) is 0 Å². The lowest BCUT2D eigenvalue weighted by molar-refractivity contribution is 0.198. The number of benzene rings is 1. The fourth-order valence-corrected chi connectivity index (χ4v) is 2.93. The molecule has 2 heteroatoms. The average Bonchev–Trinajstić information content (AvgIpc) is 2.35. The highest BCUT2D eigenvalue weighted by Gasteiger charge is 2.15. The van der Waals surface area contributed by atoms with Gasteiger partial charge in [-0.2, -0.15) is 0 Å². The molecule has 0 radical (unpaired) electrons. The molecule has 2 nitrogen and oxygen atoms in total. The van der Waals surface area contributed by atoms with Crippen molar-refractivity contribution in [2.75, 3.05) is 13.2 Å². The third-order valence-corrected chi connectivity index (χ3v) is 3.54. The predicted octanol–water partition coefficient (Wildman–Crippen LogP) is 4.65. The van der Waals surface area contributed by atoms with Crippen LogP contribution in [0.4, 0.5) is 0 Å². The van der Waals surface area contributed by atoms with Crippen LogP contribution in [0.5, 0.6) is 5.75 Å². The summed E-state index contributed by atoms with van der Waals surface area (Å²) in [6.45, 7) is 13.9. The zero-order chi connectivity index (χ0) is 16.7. The van der Waals surface area contributed by atoms with Crippen molar-refractivity contribution in [1.29, 1.82) is 0 Å². The van der Waals surface area contributed by atoms with Gasteiger partial charge in [0.05, 0.1) is 6.61 Å². The Morgan fingerprint density at radius 2 is 1.27 bits per heavy atom. The molecule has 0 saturated carbocycles. The second-order valence-corrected chi connectivity index (χ2v) is 7.61. The first-order chi connectivity index (χ1) is 10.3. The van der Waals surface area contributed by atoms with Crippen molar-refractivity contribution < 1.29 is 9.84 Å². The molecule has 0 aliphatic rings. The van der Waals surface area contributed by atoms with E-state index < -0.39 is 0 Å². The van der Waals surface area contributed by atoms with Gasteiger partial charge in [0.25, 0.3) is 0 Å². The molecule has 0 aromatic heterocycles. The van der Waals surface area contributed by atoms with E-state index in [1.165, 1.54) is 16.7 Å². The van der Waals surface area contributed by atoms with Crippen LogP contribution < -0.4 is 4.74 Å². The van der Waals surface area contributed by atoms with Crippen molar-refractivity contribution in [3.8, 4) is 5.75 Å². The summed E-state index contributed by atoms with van der Waals surface area (Å²) in [6, 6.07) is 4.63. The van der Waals surface area contributed by atoms with E-state index in [0.717, 1.165) is 25.0 Å². The molecule has 1 aromatic rings. The minimum Gasteiger partial charge on any atom is -0.491 e. The number of rotatable bonds is 9. The normalized spacial score (nSPS) is 11.7. The Morgan fingerprint density at radius 3 is 1.64 bits per heavy atom. The number of hydrogen-bond donors (Lipinski definition) is 1. The van der Waals surface area contributed by atoms with Gasteiger partial charge in [-0.05, 0) is 53.7 Å². The molecular formula is C20H34O2. The molecule has 0 atom stereocenters. The van der Waals surface area contributed by atoms with Gasteiger partial charge in [0, 0.05) is 0 Å². The number of hydrogen-bond acceptors (Lipinski definition) is 2. The number of ether oxygens (including phenoxy) is 1. The predicted molar refractivity (Wildman–Crippen MR) is 94.6 cm³/mol. The molecule has 0 amide bonds. The molecule has 0 aliphatic heterocycles. The molecule has 1 aromatic carbocycles. The van der Waals surface area contributed by atoms with Gasteiger partial charge in [-0.15, -0.1) is 0 Å². The van der Waals surface area contributed by atoms with Gasteiger partial charge in [-0.1, -0.05) is 53.7 Å². The smallest absolute Gasteiger partial charge is 0.125 e. The summed E-state index contributed by atoms with van der Waals surface area (Å²) < 4.78 is 5.93. The average molecular weight is 306 g/mol. The van der Waals surface area contributed by atoms with Gasteiger partial charge in [-0.25, -0.2) is 0 Å². The lowest BCUT2D eigenvalue weighted by atomic mass is 9.90. The highest BCUT2D eigenvalue weighted by molar-refractivity contribution is 5.45. The van der Waals surface area contributed by atoms with Gasteiger partial charge in [0.1, 0.15) is 12.4 Å². The van der Waals surface area contributed by atoms with E-state index in [2.05, 4.69) is 53.7 Å². The van der Waals surface area contributed by atoms with Gasteiger partial charge in [0.2, 0.25) is 0 Å². The van der Waals surface area contributed by atoms with Crippen molar-refractivity contribution in [1.82, 2.24) is 0 Å². The van der Waals surface area contributed by atoms with Crippen molar-refractivity contribution >= 4 is 0 Å². The van der Waals surface area contributed by atoms with Crippen molar-refractivity contribution in [2.24, 2.45) is 17.8 Å². The second-order valence-electron chi connectivity index (χ2n) is 7.61. The van der Waals surface area contributed by atoms with Gasteiger partial charge < -0.3 is 9.84 Å². The van der Waals surface area contributed by atoms with Gasteiger partial charge in [0.15, 0.2) is 0 Å². The maximum Gasteiger partial charge on any atom is 0.125 e. The molecule has 0 bridgehead atoms. The summed E-state index contributed by atoms with van der Waals surface area (Å²) in [5.41, 5.74) is 4.02. The van der Waals surface area contributed by atoms with E-state index in [9.17, 15) is 0 Å². The topological polar surface area (TPSA) is 29.5 Å². The zero-order valence-corrected chi connectivity index (χ0v) is 15.3. The first-order valence-electron chi connectivity index (χ1n) is 8.71. The Hall–Kier alpha value is -1.02. The zero-order valence-electron chi connectivity index (χ0n) is 15.3. The SMILES string of the molecule is CC(C)Cc1cc(CC(C)C)c(OCCO)c(CC(C)C)c1. The van der Waals surface area contributed by atoms with Crippen LogP contribution >= 0.6 is 0 Å². The van der Waals surface area contributed by atoms with E-state index in [1.807, 2.05) is 0 Å². The van der Waals surface area contributed by atoms with Crippen LogP contribution in [0, 0.1) is 17.8 Å². The summed E-state index contributed by atoms with van der Waals surface area (Å²) in [6.07, 6.45) is 3.16. The first kappa shape index (κ1) is 19.0. The summed E-state index contributed by atoms with van der Waals surface area (Å²) >= 11 is 0. The summed E-state index contributed by atoms with van der Waals surface area (Å²) in [4.78, 5) is 0. The Morgan fingerprint density at radius 1 is 0.818 bits per heavy atom. The van der Waals surface area contributed by atoms with E-state index >= 15 is 0 Å². The first-order valence-corrected chi connectivity index (χ1v) is 8.71. The Bertz CT molecular complexity index is 416. The monoisotopic (exact) mass is 306 g/mol. The minimum atomic E-state index is 0.0655. The van der Waals surface area contributed by atoms with Gasteiger partial charge in [-0.3, -0.25) is 0 Å². The van der Waals surface area contributed by atoms with Crippen LogP contribution in [-0.4, -0.2) is 18.3 Å². The molecule has 1 rings (SSSR count). The molecule has 0 aliphatic carbocycles. The van der Waals surface area contributed by atoms with Crippen molar-refractivity contribution in [3.63, 3.8) is 0 Å². The van der Waals surface area contributed by atoms with Crippen LogP contribution in [0.3, 0.4) is 0 Å². The Kier molecular flexibility index (Phi) is 7.95. The molecule has 1 N–H and O–H groups in total. The maximum atomic E-state index is 9.12. The summed E-state index contributed by atoms with van der Waals surface area (Å²) in [5, 5.41) is 9.12. The molecular weight excluding hydrogens is 272 g/mol. The van der Waals surface area contributed by atoms with Crippen LogP contribution in [0.1, 0.15) is 58.2 Å². The molecule has 22 heavy (non-hydrogen) atoms. The summed E-state index contributed by atoms with van der Waals surface area (Å²) in [7, 11) is 0. The van der Waals surface area contributed by atoms with E-state index in [4.69, 9.17) is 9.84 Å². The van der Waals surface area contributed by atoms with Crippen molar-refractivity contribution in [3.05, 3.63) is 28.8 Å². The fourth-order valence-electron chi connectivity index (χ4n) is 2.93. The lowest BCUT2D eigenvalue weighted by Crippen LogP contribution is -2.10. The molecule has 126 valence electrons. The highest BCUT2D eigenvalue weighted by atomic mass is 16.5. The third kappa shape index (κ3) is 6.39. The molecule has 0 unspecified atom stereocenters. The van der Waals surface area contributed by atoms with E-state index in [1.54, 1.807) is 0 Å². The van der Waals surface area contributed by atoms with Crippen molar-refractivity contribution in [2.45, 2.75) is 60.8 Å². The van der Waals surface area contributed by atoms with E-state index in [0.29, 0.717) is 24.4 Å². The third-order valence-electron chi connectivity index (χ3n) is 3.54. The number of aliphatic hydroxyl groups is 1. The molecule has 0 fully saturated rings. The number of aliphatic hydroxyl groups excluding tert-OH is 1. The van der Waals surface area contributed by atoms with E-state index in [-0.39, 0.29) is 6.61 Å². The van der Waals surface area contributed by atoms with Crippen LogP contribution in [-0.2, 0) is 19.3 Å². The van der Waals surface area contributed by atoms with Crippen LogP contribution in [0.25, 0.3) is 0 Å². The largest absolute Gasteiger partial charge is 0.491 e. The highest BCUT2D eigenvalue weighted by Crippen LogP contribution is 2.31. The second kappa shape index (κ2) is 9.19. The van der Waals surface area contributed by atoms with Crippen LogP contribution in [0.15, 0.2) is 12.1 Å². The standard InChI is InChI=1S/C20H34O2/c1-14(2)9-17-12-18(10-15(3)4)20(22-8-7-21)19(13-17)11-16(5)6/h12-16,21H,7-11H2,1-6H3. The lowest BCUT2D eigenvalue weighted by Gasteiger charge is -2.20.